The Bertz CT molecular complexity index is 856. The second-order valence-electron chi connectivity index (χ2n) is 6.88. The number of benzene rings is 2. The molecule has 0 bridgehead atoms. The largest absolute Gasteiger partial charge is 0.354 e. The van der Waals surface area contributed by atoms with Crippen molar-refractivity contribution in [1.29, 1.82) is 0 Å². The minimum Gasteiger partial charge on any atom is -0.354 e. The van der Waals surface area contributed by atoms with E-state index in [9.17, 15) is 14.4 Å². The number of carbonyl (C=O) groups excluding carboxylic acids is 3. The van der Waals surface area contributed by atoms with Crippen LogP contribution >= 0.6 is 0 Å². The molecule has 0 fully saturated rings. The Kier molecular flexibility index (Phi) is 6.88. The molecule has 0 unspecified atom stereocenters. The number of hydrogen-bond acceptors (Lipinski definition) is 3. The molecule has 2 rings (SSSR count). The van der Waals surface area contributed by atoms with Gasteiger partial charge in [-0.15, -0.1) is 0 Å². The van der Waals surface area contributed by atoms with Gasteiger partial charge in [0.1, 0.15) is 0 Å². The Morgan fingerprint density at radius 2 is 1.48 bits per heavy atom. The maximum atomic E-state index is 12.9. The first kappa shape index (κ1) is 20.4. The molecule has 2 aromatic carbocycles. The number of carbonyl (C=O) groups is 3. The van der Waals surface area contributed by atoms with E-state index in [0.29, 0.717) is 29.8 Å². The number of nitrogens with one attached hydrogen (secondary N) is 2. The van der Waals surface area contributed by atoms with E-state index in [1.807, 2.05) is 39.8 Å². The highest BCUT2D eigenvalue weighted by atomic mass is 16.2. The van der Waals surface area contributed by atoms with Crippen molar-refractivity contribution in [2.45, 2.75) is 27.7 Å². The Hall–Kier alpha value is -2.95. The van der Waals surface area contributed by atoms with Gasteiger partial charge in [0.05, 0.1) is 5.56 Å². The van der Waals surface area contributed by atoms with E-state index in [1.165, 1.54) is 0 Å². The van der Waals surface area contributed by atoms with Crippen molar-refractivity contribution in [3.63, 3.8) is 0 Å². The molecule has 5 nitrogen and oxygen atoms in total. The molecule has 5 heteroatoms. The maximum absolute atomic E-state index is 12.9. The molecule has 0 saturated carbocycles. The van der Waals surface area contributed by atoms with Gasteiger partial charge in [0.15, 0.2) is 5.78 Å². The van der Waals surface area contributed by atoms with Gasteiger partial charge in [-0.25, -0.2) is 0 Å². The van der Waals surface area contributed by atoms with E-state index in [-0.39, 0.29) is 23.5 Å². The van der Waals surface area contributed by atoms with E-state index < -0.39 is 0 Å². The lowest BCUT2D eigenvalue weighted by atomic mass is 9.95. The van der Waals surface area contributed by atoms with Crippen molar-refractivity contribution in [3.8, 4) is 0 Å². The summed E-state index contributed by atoms with van der Waals surface area (Å²) in [4.78, 5) is 37.0. The van der Waals surface area contributed by atoms with Gasteiger partial charge in [-0.3, -0.25) is 14.4 Å². The summed E-state index contributed by atoms with van der Waals surface area (Å²) in [5, 5.41) is 5.50. The van der Waals surface area contributed by atoms with Crippen LogP contribution in [0.5, 0.6) is 0 Å². The van der Waals surface area contributed by atoms with Crippen molar-refractivity contribution < 1.29 is 14.4 Å². The van der Waals surface area contributed by atoms with E-state index in [2.05, 4.69) is 10.6 Å². The number of ketones is 1. The normalized spacial score (nSPS) is 10.6. The van der Waals surface area contributed by atoms with E-state index in [1.54, 1.807) is 30.3 Å². The van der Waals surface area contributed by atoms with Gasteiger partial charge in [-0.2, -0.15) is 0 Å². The fraction of sp³-hybridized carbons (Fsp3) is 0.318. The average Bonchev–Trinajstić information content (AvgIpc) is 2.66. The van der Waals surface area contributed by atoms with Crippen molar-refractivity contribution in [2.24, 2.45) is 5.92 Å². The lowest BCUT2D eigenvalue weighted by Gasteiger charge is -2.11. The molecule has 27 heavy (non-hydrogen) atoms. The van der Waals surface area contributed by atoms with Gasteiger partial charge < -0.3 is 10.6 Å². The molecule has 0 atom stereocenters. The minimum absolute atomic E-state index is 0.0606. The third-order valence-corrected chi connectivity index (χ3v) is 4.42. The van der Waals surface area contributed by atoms with Gasteiger partial charge in [0.25, 0.3) is 5.91 Å². The van der Waals surface area contributed by atoms with Crippen LogP contribution in [0, 0.1) is 19.8 Å². The van der Waals surface area contributed by atoms with Gasteiger partial charge in [-0.05, 0) is 37.1 Å². The van der Waals surface area contributed by atoms with Crippen molar-refractivity contribution >= 4 is 17.6 Å². The first-order valence-electron chi connectivity index (χ1n) is 9.08. The van der Waals surface area contributed by atoms with Gasteiger partial charge in [0.2, 0.25) is 5.91 Å². The van der Waals surface area contributed by atoms with Crippen LogP contribution in [0.25, 0.3) is 0 Å². The standard InChI is InChI=1S/C22H26N2O3/c1-14(2)21(26)23-11-12-24-22(27)19-8-6-5-7-18(19)20(25)17-10-9-15(3)16(4)13-17/h5-10,13-14H,11-12H2,1-4H3,(H,23,26)(H,24,27). The van der Waals surface area contributed by atoms with Crippen LogP contribution in [0.2, 0.25) is 0 Å². The summed E-state index contributed by atoms with van der Waals surface area (Å²) in [6.45, 7) is 8.20. The second kappa shape index (κ2) is 9.12. The van der Waals surface area contributed by atoms with Crippen LogP contribution in [0.1, 0.15) is 51.3 Å². The molecule has 0 spiro atoms. The molecule has 0 saturated heterocycles. The second-order valence-corrected chi connectivity index (χ2v) is 6.88. The smallest absolute Gasteiger partial charge is 0.252 e. The SMILES string of the molecule is Cc1ccc(C(=O)c2ccccc2C(=O)NCCNC(=O)C(C)C)cc1C. The Morgan fingerprint density at radius 1 is 0.852 bits per heavy atom. The highest BCUT2D eigenvalue weighted by Crippen LogP contribution is 2.17. The number of hydrogen-bond donors (Lipinski definition) is 2. The van der Waals surface area contributed by atoms with E-state index >= 15 is 0 Å². The number of amides is 2. The molecular formula is C22H26N2O3. The predicted molar refractivity (Wildman–Crippen MR) is 106 cm³/mol. The highest BCUT2D eigenvalue weighted by Gasteiger charge is 2.18. The van der Waals surface area contributed by atoms with Crippen LogP contribution in [-0.4, -0.2) is 30.7 Å². The minimum atomic E-state index is -0.332. The van der Waals surface area contributed by atoms with Gasteiger partial charge >= 0.3 is 0 Å². The zero-order valence-electron chi connectivity index (χ0n) is 16.3. The third kappa shape index (κ3) is 5.26. The molecular weight excluding hydrogens is 340 g/mol. The fourth-order valence-corrected chi connectivity index (χ4v) is 2.58. The van der Waals surface area contributed by atoms with Crippen molar-refractivity contribution in [3.05, 3.63) is 70.3 Å². The summed E-state index contributed by atoms with van der Waals surface area (Å²) >= 11 is 0. The quantitative estimate of drug-likeness (QED) is 0.584. The molecule has 0 aliphatic rings. The topological polar surface area (TPSA) is 75.3 Å². The Balaban J connectivity index is 2.10. The van der Waals surface area contributed by atoms with E-state index in [4.69, 9.17) is 0 Å². The summed E-state index contributed by atoms with van der Waals surface area (Å²) in [7, 11) is 0. The molecule has 142 valence electrons. The Labute approximate surface area is 160 Å². The number of aryl methyl sites for hydroxylation is 2. The molecule has 2 aromatic rings. The molecule has 0 aliphatic carbocycles. The van der Waals surface area contributed by atoms with Gasteiger partial charge in [-0.1, -0.05) is 44.2 Å². The lowest BCUT2D eigenvalue weighted by molar-refractivity contribution is -0.123. The summed E-state index contributed by atoms with van der Waals surface area (Å²) in [5.41, 5.74) is 3.40. The van der Waals surface area contributed by atoms with Crippen LogP contribution in [0.3, 0.4) is 0 Å². The summed E-state index contributed by atoms with van der Waals surface area (Å²) in [5.74, 6) is -0.676. The van der Waals surface area contributed by atoms with Crippen LogP contribution in [0.15, 0.2) is 42.5 Å². The maximum Gasteiger partial charge on any atom is 0.252 e. The van der Waals surface area contributed by atoms with Gasteiger partial charge in [0, 0.05) is 30.1 Å². The summed E-state index contributed by atoms with van der Waals surface area (Å²) < 4.78 is 0. The van der Waals surface area contributed by atoms with Crippen LogP contribution < -0.4 is 10.6 Å². The molecule has 0 heterocycles. The lowest BCUT2D eigenvalue weighted by Crippen LogP contribution is -2.36. The summed E-state index contributed by atoms with van der Waals surface area (Å²) in [6, 6.07) is 12.3. The predicted octanol–water partition coefficient (Wildman–Crippen LogP) is 3.04. The van der Waals surface area contributed by atoms with E-state index in [0.717, 1.165) is 11.1 Å². The first-order chi connectivity index (χ1) is 12.8. The monoisotopic (exact) mass is 366 g/mol. The van der Waals surface area contributed by atoms with Crippen LogP contribution in [0.4, 0.5) is 0 Å². The zero-order valence-corrected chi connectivity index (χ0v) is 16.3. The molecule has 2 N–H and O–H groups in total. The Morgan fingerprint density at radius 3 is 2.11 bits per heavy atom. The summed E-state index contributed by atoms with van der Waals surface area (Å²) in [6.07, 6.45) is 0. The first-order valence-corrected chi connectivity index (χ1v) is 9.08. The zero-order chi connectivity index (χ0) is 20.0. The van der Waals surface area contributed by atoms with Crippen LogP contribution in [-0.2, 0) is 4.79 Å². The van der Waals surface area contributed by atoms with Crippen molar-refractivity contribution in [1.82, 2.24) is 10.6 Å². The molecule has 0 radical (unpaired) electrons. The third-order valence-electron chi connectivity index (χ3n) is 4.42. The molecule has 0 aliphatic heterocycles. The molecule has 2 amide bonds. The van der Waals surface area contributed by atoms with Crippen molar-refractivity contribution in [2.75, 3.05) is 13.1 Å². The highest BCUT2D eigenvalue weighted by molar-refractivity contribution is 6.15. The average molecular weight is 366 g/mol. The fourth-order valence-electron chi connectivity index (χ4n) is 2.58. The number of rotatable bonds is 7. The molecule has 0 aromatic heterocycles.